The number of hydrogen-bond donors (Lipinski definition) is 0. The predicted octanol–water partition coefficient (Wildman–Crippen LogP) is 3.55. The summed E-state index contributed by atoms with van der Waals surface area (Å²) in [5, 5.41) is 23.9. The fourth-order valence-electron chi connectivity index (χ4n) is 2.17. The first-order valence-electron chi connectivity index (χ1n) is 5.28. The second-order valence-corrected chi connectivity index (χ2v) is 3.87. The fourth-order valence-corrected chi connectivity index (χ4v) is 2.17. The second-order valence-electron chi connectivity index (χ2n) is 3.87. The predicted molar refractivity (Wildman–Crippen MR) is 65.6 cm³/mol. The van der Waals surface area contributed by atoms with Crippen molar-refractivity contribution in [2.75, 3.05) is 0 Å². The van der Waals surface area contributed by atoms with E-state index in [1.165, 1.54) is 0 Å². The van der Waals surface area contributed by atoms with E-state index in [1.54, 1.807) is 36.4 Å². The van der Waals surface area contributed by atoms with Crippen LogP contribution in [0.3, 0.4) is 0 Å². The molecule has 0 amide bonds. The quantitative estimate of drug-likeness (QED) is 0.429. The molecule has 0 saturated heterocycles. The standard InChI is InChI=1S/C14H8N2O/c15-16-13-9-5-1-3-7-11(9)14(17)12-8-4-2-6-10(12)13/h1-8H. The number of diazo groups is 1. The third-order valence-corrected chi connectivity index (χ3v) is 2.95. The molecule has 0 aromatic heterocycles. The van der Waals surface area contributed by atoms with Crippen molar-refractivity contribution < 1.29 is 5.11 Å². The van der Waals surface area contributed by atoms with Gasteiger partial charge in [-0.1, -0.05) is 42.1 Å². The molecule has 0 N–H and O–H groups in total. The molecule has 80 valence electrons. The smallest absolute Gasteiger partial charge is 0.400 e. The number of nitrogens with zero attached hydrogens (tertiary/aromatic N) is 2. The zero-order valence-corrected chi connectivity index (χ0v) is 8.92. The van der Waals surface area contributed by atoms with Gasteiger partial charge >= 0.3 is 5.69 Å². The Labute approximate surface area is 97.5 Å². The van der Waals surface area contributed by atoms with E-state index in [1.807, 2.05) is 12.1 Å². The van der Waals surface area contributed by atoms with Crippen molar-refractivity contribution in [1.29, 1.82) is 5.39 Å². The van der Waals surface area contributed by atoms with E-state index in [9.17, 15) is 5.11 Å². The molecule has 3 aromatic carbocycles. The minimum absolute atomic E-state index is 0.0244. The van der Waals surface area contributed by atoms with E-state index in [0.29, 0.717) is 27.2 Å². The molecule has 0 aliphatic carbocycles. The van der Waals surface area contributed by atoms with Crippen molar-refractivity contribution in [2.45, 2.75) is 0 Å². The third-order valence-electron chi connectivity index (χ3n) is 2.95. The highest BCUT2D eigenvalue weighted by Gasteiger charge is 2.17. The van der Waals surface area contributed by atoms with Crippen molar-refractivity contribution >= 4 is 27.2 Å². The summed E-state index contributed by atoms with van der Waals surface area (Å²) in [5.41, 5.74) is 0.454. The maximum atomic E-state index is 12.2. The van der Waals surface area contributed by atoms with Gasteiger partial charge in [0.05, 0.1) is 10.8 Å². The van der Waals surface area contributed by atoms with E-state index >= 15 is 0 Å². The molecule has 3 rings (SSSR count). The Morgan fingerprint density at radius 1 is 0.765 bits per heavy atom. The normalized spacial score (nSPS) is 10.5. The summed E-state index contributed by atoms with van der Waals surface area (Å²) in [6, 6.07) is 14.3. The molecule has 0 bridgehead atoms. The maximum Gasteiger partial charge on any atom is 0.400 e. The van der Waals surface area contributed by atoms with Gasteiger partial charge in [0.15, 0.2) is 4.98 Å². The summed E-state index contributed by atoms with van der Waals surface area (Å²) in [5.74, 6) is -0.0244. The van der Waals surface area contributed by atoms with Crippen LogP contribution in [-0.4, -0.2) is 0 Å². The van der Waals surface area contributed by atoms with Gasteiger partial charge in [0.2, 0.25) is 5.39 Å². The molecule has 0 fully saturated rings. The first kappa shape index (κ1) is 9.61. The fraction of sp³-hybridized carbons (Fsp3) is 0. The lowest BCUT2D eigenvalue weighted by Gasteiger charge is -2.12. The SMILES string of the molecule is N#[N+]c1c2ccccc2c([O-])c2ccccc12. The molecule has 0 aliphatic rings. The van der Waals surface area contributed by atoms with E-state index in [-0.39, 0.29) is 5.75 Å². The molecule has 17 heavy (non-hydrogen) atoms. The van der Waals surface area contributed by atoms with Gasteiger partial charge in [0.1, 0.15) is 0 Å². The Hall–Kier alpha value is -2.60. The Morgan fingerprint density at radius 3 is 1.59 bits per heavy atom. The molecule has 3 aromatic rings. The first-order chi connectivity index (χ1) is 8.33. The lowest BCUT2D eigenvalue weighted by molar-refractivity contribution is -0.263. The van der Waals surface area contributed by atoms with Crippen LogP contribution < -0.4 is 5.11 Å². The molecule has 3 nitrogen and oxygen atoms in total. The van der Waals surface area contributed by atoms with Crippen LogP contribution in [0.1, 0.15) is 0 Å². The van der Waals surface area contributed by atoms with Crippen LogP contribution in [-0.2, 0) is 0 Å². The van der Waals surface area contributed by atoms with E-state index in [2.05, 4.69) is 4.98 Å². The van der Waals surface area contributed by atoms with Crippen LogP contribution in [0.5, 0.6) is 5.75 Å². The van der Waals surface area contributed by atoms with Gasteiger partial charge in [-0.05, 0) is 22.9 Å². The van der Waals surface area contributed by atoms with Crippen molar-refractivity contribution in [2.24, 2.45) is 0 Å². The number of hydrogen-bond acceptors (Lipinski definition) is 2. The van der Waals surface area contributed by atoms with Gasteiger partial charge in [-0.25, -0.2) is 0 Å². The lowest BCUT2D eigenvalue weighted by atomic mass is 10.00. The average molecular weight is 220 g/mol. The summed E-state index contributed by atoms with van der Waals surface area (Å²) in [6.07, 6.45) is 0. The topological polar surface area (TPSA) is 51.2 Å². The summed E-state index contributed by atoms with van der Waals surface area (Å²) in [7, 11) is 0. The van der Waals surface area contributed by atoms with Gasteiger partial charge in [-0.15, -0.1) is 0 Å². The zero-order valence-electron chi connectivity index (χ0n) is 8.92. The Balaban J connectivity index is 2.70. The summed E-state index contributed by atoms with van der Waals surface area (Å²) in [4.78, 5) is 3.33. The minimum atomic E-state index is -0.0244. The van der Waals surface area contributed by atoms with E-state index in [4.69, 9.17) is 5.39 Å². The molecule has 0 unspecified atom stereocenters. The van der Waals surface area contributed by atoms with Gasteiger partial charge in [0.25, 0.3) is 0 Å². The molecular weight excluding hydrogens is 212 g/mol. The summed E-state index contributed by atoms with van der Waals surface area (Å²) < 4.78 is 0. The van der Waals surface area contributed by atoms with Crippen LogP contribution in [0, 0.1) is 5.39 Å². The van der Waals surface area contributed by atoms with Crippen LogP contribution >= 0.6 is 0 Å². The van der Waals surface area contributed by atoms with Gasteiger partial charge < -0.3 is 5.11 Å². The maximum absolute atomic E-state index is 12.2. The van der Waals surface area contributed by atoms with Gasteiger partial charge in [-0.3, -0.25) is 0 Å². The number of benzene rings is 3. The minimum Gasteiger partial charge on any atom is -0.872 e. The Morgan fingerprint density at radius 2 is 1.18 bits per heavy atom. The molecule has 0 atom stereocenters. The number of rotatable bonds is 0. The zero-order chi connectivity index (χ0) is 11.8. The van der Waals surface area contributed by atoms with Gasteiger partial charge in [-0.2, -0.15) is 0 Å². The molecule has 0 radical (unpaired) electrons. The molecular formula is C14H8N2O. The van der Waals surface area contributed by atoms with Crippen molar-refractivity contribution in [3.8, 4) is 5.75 Å². The molecule has 3 heteroatoms. The molecule has 0 aliphatic heterocycles. The molecule has 0 heterocycles. The summed E-state index contributed by atoms with van der Waals surface area (Å²) >= 11 is 0. The highest BCUT2D eigenvalue weighted by Crippen LogP contribution is 2.40. The van der Waals surface area contributed by atoms with Crippen LogP contribution in [0.4, 0.5) is 5.69 Å². The lowest BCUT2D eigenvalue weighted by Crippen LogP contribution is -1.93. The number of fused-ring (bicyclic) bond motifs is 2. The van der Waals surface area contributed by atoms with Crippen molar-refractivity contribution in [3.05, 3.63) is 53.5 Å². The second kappa shape index (κ2) is 3.46. The van der Waals surface area contributed by atoms with Crippen LogP contribution in [0.2, 0.25) is 0 Å². The average Bonchev–Trinajstić information content (AvgIpc) is 2.40. The highest BCUT2D eigenvalue weighted by molar-refractivity contribution is 6.15. The Bertz CT molecular complexity index is 715. The van der Waals surface area contributed by atoms with E-state index < -0.39 is 0 Å². The highest BCUT2D eigenvalue weighted by atomic mass is 16.3. The third kappa shape index (κ3) is 1.25. The van der Waals surface area contributed by atoms with Crippen molar-refractivity contribution in [3.63, 3.8) is 0 Å². The summed E-state index contributed by atoms with van der Waals surface area (Å²) in [6.45, 7) is 0. The largest absolute Gasteiger partial charge is 0.872 e. The monoisotopic (exact) mass is 220 g/mol. The van der Waals surface area contributed by atoms with Crippen LogP contribution in [0.15, 0.2) is 48.5 Å². The van der Waals surface area contributed by atoms with Gasteiger partial charge in [0, 0.05) is 0 Å². The first-order valence-corrected chi connectivity index (χ1v) is 5.28. The van der Waals surface area contributed by atoms with Crippen molar-refractivity contribution in [1.82, 2.24) is 0 Å². The van der Waals surface area contributed by atoms with E-state index in [0.717, 1.165) is 0 Å². The van der Waals surface area contributed by atoms with Crippen LogP contribution in [0.25, 0.3) is 26.5 Å². The molecule has 0 saturated carbocycles. The Kier molecular flexibility index (Phi) is 1.96. The molecule has 0 spiro atoms.